The van der Waals surface area contributed by atoms with Gasteiger partial charge in [-0.05, 0) is 23.3 Å². The Morgan fingerprint density at radius 2 is 2.00 bits per heavy atom. The van der Waals surface area contributed by atoms with E-state index < -0.39 is 5.97 Å². The van der Waals surface area contributed by atoms with Crippen LogP contribution in [-0.4, -0.2) is 11.1 Å². The molecule has 0 spiro atoms. The number of furan rings is 1. The average molecular weight is 274 g/mol. The van der Waals surface area contributed by atoms with Crippen LogP contribution in [0.25, 0.3) is 11.0 Å². The van der Waals surface area contributed by atoms with E-state index >= 15 is 0 Å². The molecule has 1 N–H and O–H groups in total. The van der Waals surface area contributed by atoms with Gasteiger partial charge in [0.25, 0.3) is 0 Å². The molecule has 1 aromatic heterocycles. The molecular weight excluding hydrogens is 252 g/mol. The second kappa shape index (κ2) is 4.97. The Balaban J connectivity index is 2.84. The number of carboxylic acid groups (broad SMARTS) is 1. The van der Waals surface area contributed by atoms with Gasteiger partial charge in [0.05, 0.1) is 0 Å². The fourth-order valence-electron chi connectivity index (χ4n) is 2.64. The van der Waals surface area contributed by atoms with Crippen molar-refractivity contribution in [1.29, 1.82) is 0 Å². The first kappa shape index (κ1) is 14.6. The molecule has 0 aliphatic rings. The highest BCUT2D eigenvalue weighted by molar-refractivity contribution is 5.97. The molecule has 1 aromatic carbocycles. The van der Waals surface area contributed by atoms with Crippen molar-refractivity contribution in [2.75, 3.05) is 0 Å². The number of rotatable bonds is 3. The molecule has 0 aliphatic carbocycles. The van der Waals surface area contributed by atoms with Gasteiger partial charge in [0, 0.05) is 10.9 Å². The van der Waals surface area contributed by atoms with Crippen molar-refractivity contribution in [3.8, 4) is 0 Å². The van der Waals surface area contributed by atoms with E-state index in [9.17, 15) is 9.90 Å². The summed E-state index contributed by atoms with van der Waals surface area (Å²) in [7, 11) is 0. The third kappa shape index (κ3) is 2.33. The van der Waals surface area contributed by atoms with Gasteiger partial charge in [-0.2, -0.15) is 0 Å². The molecule has 2 aromatic rings. The van der Waals surface area contributed by atoms with Gasteiger partial charge in [0.15, 0.2) is 0 Å². The third-order valence-electron chi connectivity index (χ3n) is 3.83. The fourth-order valence-corrected chi connectivity index (χ4v) is 2.64. The van der Waals surface area contributed by atoms with Crippen LogP contribution in [0.1, 0.15) is 68.6 Å². The number of benzene rings is 1. The minimum absolute atomic E-state index is 0.0725. The number of aromatic carboxylic acids is 1. The standard InChI is InChI=1S/C17H22O3/c1-6-10(2)11-8-7-9-12-13(17(3,4)5)15(16(18)19)20-14(11)12/h7-10H,6H2,1-5H3,(H,18,19). The molecule has 3 heteroatoms. The summed E-state index contributed by atoms with van der Waals surface area (Å²) in [5.74, 6) is -0.580. The van der Waals surface area contributed by atoms with E-state index in [4.69, 9.17) is 4.42 Å². The highest BCUT2D eigenvalue weighted by Crippen LogP contribution is 2.39. The van der Waals surface area contributed by atoms with Gasteiger partial charge in [-0.25, -0.2) is 4.79 Å². The molecule has 0 saturated heterocycles. The summed E-state index contributed by atoms with van der Waals surface area (Å²) in [4.78, 5) is 11.5. The number of carbonyl (C=O) groups is 1. The van der Waals surface area contributed by atoms with Gasteiger partial charge >= 0.3 is 5.97 Å². The molecule has 0 radical (unpaired) electrons. The first-order chi connectivity index (χ1) is 9.27. The average Bonchev–Trinajstić information content (AvgIpc) is 2.76. The highest BCUT2D eigenvalue weighted by atomic mass is 16.4. The second-order valence-corrected chi connectivity index (χ2v) is 6.39. The van der Waals surface area contributed by atoms with Crippen LogP contribution in [0.15, 0.2) is 22.6 Å². The van der Waals surface area contributed by atoms with E-state index in [1.165, 1.54) is 0 Å². The number of para-hydroxylation sites is 1. The number of hydrogen-bond donors (Lipinski definition) is 1. The zero-order valence-corrected chi connectivity index (χ0v) is 12.8. The normalized spacial score (nSPS) is 13.7. The van der Waals surface area contributed by atoms with E-state index in [2.05, 4.69) is 13.8 Å². The van der Waals surface area contributed by atoms with Crippen molar-refractivity contribution in [1.82, 2.24) is 0 Å². The van der Waals surface area contributed by atoms with E-state index in [-0.39, 0.29) is 11.2 Å². The maximum Gasteiger partial charge on any atom is 0.372 e. The molecule has 108 valence electrons. The molecule has 0 bridgehead atoms. The quantitative estimate of drug-likeness (QED) is 0.862. The molecule has 1 unspecified atom stereocenters. The SMILES string of the molecule is CCC(C)c1cccc2c(C(C)(C)C)c(C(=O)O)oc12. The first-order valence-corrected chi connectivity index (χ1v) is 7.06. The summed E-state index contributed by atoms with van der Waals surface area (Å²) in [6.07, 6.45) is 0.993. The molecule has 2 rings (SSSR count). The zero-order valence-electron chi connectivity index (χ0n) is 12.8. The molecule has 0 fully saturated rings. The second-order valence-electron chi connectivity index (χ2n) is 6.39. The zero-order chi connectivity index (χ0) is 15.1. The molecule has 0 saturated carbocycles. The van der Waals surface area contributed by atoms with Gasteiger partial charge in [-0.1, -0.05) is 52.8 Å². The Kier molecular flexibility index (Phi) is 3.63. The predicted octanol–water partition coefficient (Wildman–Crippen LogP) is 4.94. The summed E-state index contributed by atoms with van der Waals surface area (Å²) < 4.78 is 5.74. The van der Waals surface area contributed by atoms with Crippen LogP contribution in [0.2, 0.25) is 0 Å². The summed E-state index contributed by atoms with van der Waals surface area (Å²) in [6, 6.07) is 5.97. The van der Waals surface area contributed by atoms with E-state index in [0.29, 0.717) is 5.92 Å². The fraction of sp³-hybridized carbons (Fsp3) is 0.471. The Bertz CT molecular complexity index is 644. The first-order valence-electron chi connectivity index (χ1n) is 7.06. The van der Waals surface area contributed by atoms with Crippen molar-refractivity contribution in [2.45, 2.75) is 52.4 Å². The van der Waals surface area contributed by atoms with E-state index in [0.717, 1.165) is 28.5 Å². The summed E-state index contributed by atoms with van der Waals surface area (Å²) in [6.45, 7) is 10.3. The Hall–Kier alpha value is -1.77. The number of carboxylic acids is 1. The number of fused-ring (bicyclic) bond motifs is 1. The van der Waals surface area contributed by atoms with Crippen LogP contribution in [0, 0.1) is 0 Å². The lowest BCUT2D eigenvalue weighted by Crippen LogP contribution is -2.15. The summed E-state index contributed by atoms with van der Waals surface area (Å²) >= 11 is 0. The highest BCUT2D eigenvalue weighted by Gasteiger charge is 2.30. The van der Waals surface area contributed by atoms with Crippen LogP contribution in [0.5, 0.6) is 0 Å². The van der Waals surface area contributed by atoms with Gasteiger partial charge < -0.3 is 9.52 Å². The molecule has 3 nitrogen and oxygen atoms in total. The minimum Gasteiger partial charge on any atom is -0.475 e. The third-order valence-corrected chi connectivity index (χ3v) is 3.83. The van der Waals surface area contributed by atoms with Crippen molar-refractivity contribution >= 4 is 16.9 Å². The molecule has 1 atom stereocenters. The van der Waals surface area contributed by atoms with E-state index in [1.807, 2.05) is 39.0 Å². The summed E-state index contributed by atoms with van der Waals surface area (Å²) in [5.41, 5.74) is 2.32. The Morgan fingerprint density at radius 1 is 1.35 bits per heavy atom. The smallest absolute Gasteiger partial charge is 0.372 e. The molecule has 20 heavy (non-hydrogen) atoms. The van der Waals surface area contributed by atoms with Crippen molar-refractivity contribution in [2.24, 2.45) is 0 Å². The van der Waals surface area contributed by atoms with Gasteiger partial charge in [-0.15, -0.1) is 0 Å². The van der Waals surface area contributed by atoms with E-state index in [1.54, 1.807) is 0 Å². The maximum atomic E-state index is 11.5. The Labute approximate surface area is 119 Å². The minimum atomic E-state index is -0.999. The Morgan fingerprint density at radius 3 is 2.50 bits per heavy atom. The molecular formula is C17H22O3. The largest absolute Gasteiger partial charge is 0.475 e. The lowest BCUT2D eigenvalue weighted by molar-refractivity contribution is 0.0661. The van der Waals surface area contributed by atoms with Gasteiger partial charge in [0.2, 0.25) is 5.76 Å². The van der Waals surface area contributed by atoms with Gasteiger partial charge in [0.1, 0.15) is 5.58 Å². The van der Waals surface area contributed by atoms with Crippen LogP contribution in [0.4, 0.5) is 0 Å². The van der Waals surface area contributed by atoms with Crippen LogP contribution >= 0.6 is 0 Å². The monoisotopic (exact) mass is 274 g/mol. The molecule has 0 amide bonds. The maximum absolute atomic E-state index is 11.5. The van der Waals surface area contributed by atoms with Crippen molar-refractivity contribution in [3.63, 3.8) is 0 Å². The van der Waals surface area contributed by atoms with Crippen LogP contribution in [-0.2, 0) is 5.41 Å². The van der Waals surface area contributed by atoms with Gasteiger partial charge in [-0.3, -0.25) is 0 Å². The number of hydrogen-bond acceptors (Lipinski definition) is 2. The lowest BCUT2D eigenvalue weighted by Gasteiger charge is -2.18. The topological polar surface area (TPSA) is 50.4 Å². The lowest BCUT2D eigenvalue weighted by atomic mass is 9.84. The molecule has 0 aliphatic heterocycles. The van der Waals surface area contributed by atoms with Crippen LogP contribution in [0.3, 0.4) is 0 Å². The van der Waals surface area contributed by atoms with Crippen molar-refractivity contribution < 1.29 is 14.3 Å². The molecule has 1 heterocycles. The van der Waals surface area contributed by atoms with Crippen molar-refractivity contribution in [3.05, 3.63) is 35.1 Å². The summed E-state index contributed by atoms with van der Waals surface area (Å²) in [5, 5.41) is 10.3. The predicted molar refractivity (Wildman–Crippen MR) is 80.6 cm³/mol. The van der Waals surface area contributed by atoms with Crippen LogP contribution < -0.4 is 0 Å².